The minimum atomic E-state index is -3.22. The first kappa shape index (κ1) is 40.2. The van der Waals surface area contributed by atoms with E-state index in [0.29, 0.717) is 12.8 Å². The van der Waals surface area contributed by atoms with E-state index in [1.54, 1.807) is 0 Å². The Kier molecular flexibility index (Phi) is 15.8. The molecule has 12 heteroatoms. The Morgan fingerprint density at radius 2 is 1.06 bits per heavy atom. The molecule has 0 aliphatic heterocycles. The van der Waals surface area contributed by atoms with Crippen molar-refractivity contribution in [1.29, 1.82) is 0 Å². The molecular formula is C37H47IN4O4S2Si. The molecule has 4 aromatic carbocycles. The Hall–Kier alpha value is -3.19. The third-order valence-corrected chi connectivity index (χ3v) is 11.8. The number of rotatable bonds is 14. The molecule has 4 rings (SSSR count). The van der Waals surface area contributed by atoms with Crippen LogP contribution in [0.5, 0.6) is 0 Å². The number of hydrogen-bond acceptors (Lipinski definition) is 6. The molecule has 0 aromatic heterocycles. The van der Waals surface area contributed by atoms with Gasteiger partial charge in [0, 0.05) is 27.9 Å². The number of anilines is 2. The fraction of sp³-hybridized carbons (Fsp3) is 0.297. The normalized spacial score (nSPS) is 11.5. The molecule has 0 unspecified atom stereocenters. The van der Waals surface area contributed by atoms with Gasteiger partial charge in [0.25, 0.3) is 0 Å². The van der Waals surface area contributed by atoms with Gasteiger partial charge in [0.15, 0.2) is 0 Å². The lowest BCUT2D eigenvalue weighted by atomic mass is 10.1. The maximum Gasteiger partial charge on any atom is 0.211 e. The smallest absolute Gasteiger partial charge is 0.211 e. The quantitative estimate of drug-likeness (QED) is 0.0646. The molecule has 0 amide bonds. The average molecular weight is 831 g/mol. The molecule has 0 heterocycles. The summed E-state index contributed by atoms with van der Waals surface area (Å²) in [6.45, 7) is 8.11. The highest BCUT2D eigenvalue weighted by Gasteiger charge is 2.12. The molecule has 0 bridgehead atoms. The molecule has 8 nitrogen and oxygen atoms in total. The Morgan fingerprint density at radius 1 is 0.612 bits per heavy atom. The first-order valence-electron chi connectivity index (χ1n) is 16.0. The van der Waals surface area contributed by atoms with Gasteiger partial charge in [-0.1, -0.05) is 98.4 Å². The third-order valence-electron chi connectivity index (χ3n) is 7.28. The van der Waals surface area contributed by atoms with Gasteiger partial charge < -0.3 is 10.6 Å². The molecule has 0 aliphatic rings. The predicted octanol–water partition coefficient (Wildman–Crippen LogP) is 6.61. The van der Waals surface area contributed by atoms with Gasteiger partial charge in [-0.2, -0.15) is 0 Å². The van der Waals surface area contributed by atoms with Crippen LogP contribution in [-0.2, 0) is 46.0 Å². The summed E-state index contributed by atoms with van der Waals surface area (Å²) in [6, 6.07) is 32.4. The number of sulfonamides is 2. The second-order valence-corrected chi connectivity index (χ2v) is 22.4. The Morgan fingerprint density at radius 3 is 1.51 bits per heavy atom. The van der Waals surface area contributed by atoms with Gasteiger partial charge in [0.2, 0.25) is 20.0 Å². The maximum absolute atomic E-state index is 11.7. The lowest BCUT2D eigenvalue weighted by molar-refractivity contribution is 0.586. The monoisotopic (exact) mass is 830 g/mol. The lowest BCUT2D eigenvalue weighted by Crippen LogP contribution is -2.23. The van der Waals surface area contributed by atoms with Crippen molar-refractivity contribution in [3.8, 4) is 11.5 Å². The minimum Gasteiger partial charge on any atom is -0.380 e. The lowest BCUT2D eigenvalue weighted by Gasteiger charge is -2.12. The van der Waals surface area contributed by atoms with E-state index >= 15 is 0 Å². The highest BCUT2D eigenvalue weighted by atomic mass is 127. The van der Waals surface area contributed by atoms with Gasteiger partial charge in [-0.25, -0.2) is 26.3 Å². The Labute approximate surface area is 308 Å². The third kappa shape index (κ3) is 15.5. The molecular weight excluding hydrogens is 784 g/mol. The number of benzene rings is 4. The van der Waals surface area contributed by atoms with Gasteiger partial charge >= 0.3 is 0 Å². The number of aryl methyl sites for hydroxylation is 2. The molecule has 0 spiro atoms. The molecule has 0 saturated carbocycles. The summed E-state index contributed by atoms with van der Waals surface area (Å²) in [4.78, 5) is 0. The van der Waals surface area contributed by atoms with Crippen molar-refractivity contribution in [2.24, 2.45) is 0 Å². The van der Waals surface area contributed by atoms with Gasteiger partial charge in [-0.05, 0) is 96.0 Å². The van der Waals surface area contributed by atoms with Crippen molar-refractivity contribution in [3.05, 3.63) is 128 Å². The summed E-state index contributed by atoms with van der Waals surface area (Å²) in [5, 5.41) is 6.86. The molecule has 4 N–H and O–H groups in total. The van der Waals surface area contributed by atoms with E-state index in [9.17, 15) is 16.8 Å². The second kappa shape index (κ2) is 19.3. The van der Waals surface area contributed by atoms with Crippen molar-refractivity contribution < 1.29 is 16.8 Å². The van der Waals surface area contributed by atoms with Crippen LogP contribution in [-0.4, -0.2) is 50.5 Å². The van der Waals surface area contributed by atoms with E-state index in [1.165, 1.54) is 25.2 Å². The number of hydrogen-bond donors (Lipinski definition) is 4. The number of nitrogens with one attached hydrogen (secondary N) is 4. The van der Waals surface area contributed by atoms with Crippen molar-refractivity contribution in [2.45, 2.75) is 45.6 Å². The highest BCUT2D eigenvalue weighted by molar-refractivity contribution is 14.1. The van der Waals surface area contributed by atoms with Crippen molar-refractivity contribution in [3.63, 3.8) is 0 Å². The first-order chi connectivity index (χ1) is 23.2. The summed E-state index contributed by atoms with van der Waals surface area (Å²) in [5.74, 6) is 3.50. The zero-order valence-electron chi connectivity index (χ0n) is 28.8. The van der Waals surface area contributed by atoms with Crippen molar-refractivity contribution in [2.75, 3.05) is 36.2 Å². The van der Waals surface area contributed by atoms with E-state index in [-0.39, 0.29) is 11.5 Å². The largest absolute Gasteiger partial charge is 0.380 e. The van der Waals surface area contributed by atoms with Crippen LogP contribution in [0.1, 0.15) is 27.8 Å². The fourth-order valence-corrected chi connectivity index (χ4v) is 7.11. The summed E-state index contributed by atoms with van der Waals surface area (Å²) in [6.07, 6.45) is 0.974. The van der Waals surface area contributed by atoms with Crippen LogP contribution >= 0.6 is 22.6 Å². The summed E-state index contributed by atoms with van der Waals surface area (Å²) >= 11 is 2.27. The van der Waals surface area contributed by atoms with Crippen LogP contribution in [0.2, 0.25) is 19.6 Å². The Balaban J connectivity index is 0.000000271. The molecule has 0 radical (unpaired) electrons. The molecule has 0 atom stereocenters. The molecule has 0 saturated heterocycles. The first-order valence-corrected chi connectivity index (χ1v) is 23.9. The van der Waals surface area contributed by atoms with Crippen LogP contribution in [0.25, 0.3) is 0 Å². The van der Waals surface area contributed by atoms with Crippen LogP contribution in [0, 0.1) is 15.0 Å². The fourth-order valence-electron chi connectivity index (χ4n) is 4.41. The van der Waals surface area contributed by atoms with Crippen LogP contribution in [0.4, 0.5) is 11.4 Å². The van der Waals surface area contributed by atoms with Crippen molar-refractivity contribution in [1.82, 2.24) is 9.44 Å². The van der Waals surface area contributed by atoms with Crippen LogP contribution in [0.3, 0.4) is 0 Å². The molecule has 49 heavy (non-hydrogen) atoms. The van der Waals surface area contributed by atoms with E-state index in [4.69, 9.17) is 0 Å². The zero-order chi connectivity index (χ0) is 35.9. The SMILES string of the molecule is CNS(=O)(=O)CCc1ccc(NCc2ccccc2)c(C#C[Si](C)(C)C)c1.CNS(=O)(=O)CCc1ccc(NCc2ccccc2)c(I)c1. The molecule has 262 valence electrons. The van der Waals surface area contributed by atoms with E-state index in [0.717, 1.165) is 44.7 Å². The highest BCUT2D eigenvalue weighted by Crippen LogP contribution is 2.22. The molecule has 0 fully saturated rings. The van der Waals surface area contributed by atoms with Crippen LogP contribution < -0.4 is 20.1 Å². The van der Waals surface area contributed by atoms with Crippen LogP contribution in [0.15, 0.2) is 97.1 Å². The standard InChI is InChI=1S/C21H28N2O2SSi.C16H19IN2O2S/c1-22-26(24,25)14-12-18-10-11-21(20(16-18)13-15-27(2,3)4)23-17-19-8-6-5-7-9-19;1-18-22(20,21)10-9-13-7-8-16(15(17)11-13)19-12-14-5-3-2-4-6-14/h5-11,16,22-23H,12,14,17H2,1-4H3;2-8,11,18-19H,9-10,12H2,1H3. The molecule has 0 aliphatic carbocycles. The molecule has 4 aromatic rings. The summed E-state index contributed by atoms with van der Waals surface area (Å²) < 4.78 is 52.1. The van der Waals surface area contributed by atoms with Gasteiger partial charge in [0.05, 0.1) is 17.2 Å². The predicted molar refractivity (Wildman–Crippen MR) is 216 cm³/mol. The topological polar surface area (TPSA) is 116 Å². The summed E-state index contributed by atoms with van der Waals surface area (Å²) in [7, 11) is -5.01. The summed E-state index contributed by atoms with van der Waals surface area (Å²) in [5.41, 5.74) is 10.8. The van der Waals surface area contributed by atoms with Gasteiger partial charge in [-0.3, -0.25) is 0 Å². The van der Waals surface area contributed by atoms with E-state index in [1.807, 2.05) is 72.8 Å². The zero-order valence-corrected chi connectivity index (χ0v) is 33.6. The number of halogens is 1. The Bertz CT molecular complexity index is 1930. The van der Waals surface area contributed by atoms with Crippen molar-refractivity contribution >= 4 is 62.1 Å². The maximum atomic E-state index is 11.7. The van der Waals surface area contributed by atoms with E-state index < -0.39 is 28.1 Å². The van der Waals surface area contributed by atoms with Gasteiger partial charge in [-0.15, -0.1) is 5.54 Å². The average Bonchev–Trinajstić information content (AvgIpc) is 3.09. The van der Waals surface area contributed by atoms with E-state index in [2.05, 4.69) is 98.0 Å². The second-order valence-electron chi connectivity index (χ2n) is 12.4. The minimum absolute atomic E-state index is 0.0706. The van der Waals surface area contributed by atoms with Gasteiger partial charge in [0.1, 0.15) is 8.07 Å².